The molecule has 0 unspecified atom stereocenters. The molecule has 2 aromatic heterocycles. The van der Waals surface area contributed by atoms with Crippen molar-refractivity contribution in [3.8, 4) is 0 Å². The number of rotatable bonds is 6. The number of benzene rings is 3. The Bertz CT molecular complexity index is 1180. The van der Waals surface area contributed by atoms with Crippen molar-refractivity contribution in [2.24, 2.45) is 0 Å². The number of ketones is 1. The van der Waals surface area contributed by atoms with Gasteiger partial charge in [-0.2, -0.15) is 0 Å². The van der Waals surface area contributed by atoms with Gasteiger partial charge in [-0.3, -0.25) is 4.79 Å². The highest BCUT2D eigenvalue weighted by molar-refractivity contribution is 6.07. The highest BCUT2D eigenvalue weighted by Crippen LogP contribution is 2.40. The summed E-state index contributed by atoms with van der Waals surface area (Å²) in [5.41, 5.74) is 3.59. The Morgan fingerprint density at radius 2 is 1.26 bits per heavy atom. The molecule has 0 amide bonds. The van der Waals surface area contributed by atoms with Crippen LogP contribution in [0.4, 0.5) is 0 Å². The second-order valence-corrected chi connectivity index (χ2v) is 7.40. The van der Waals surface area contributed by atoms with Crippen LogP contribution in [0.1, 0.15) is 32.7 Å². The standard InChI is InChI=1S/C27H21N3O/c31-26(21-16-17-28-18-21)25-19-30(20-29-25)27(22-10-4-1-5-11-22,23-12-6-2-7-13-23)24-14-8-3-9-15-24/h1-20,28H. The fourth-order valence-corrected chi connectivity index (χ4v) is 4.22. The predicted octanol–water partition coefficient (Wildman–Crippen LogP) is 5.28. The lowest BCUT2D eigenvalue weighted by atomic mass is 9.77. The molecule has 0 atom stereocenters. The molecular formula is C27H21N3O. The second-order valence-electron chi connectivity index (χ2n) is 7.40. The summed E-state index contributed by atoms with van der Waals surface area (Å²) >= 11 is 0. The molecule has 150 valence electrons. The SMILES string of the molecule is O=C(c1cc[nH]c1)c1cn(C(c2ccccc2)(c2ccccc2)c2ccccc2)cn1. The first-order chi connectivity index (χ1) is 15.3. The van der Waals surface area contributed by atoms with Gasteiger partial charge in [-0.25, -0.2) is 4.98 Å². The summed E-state index contributed by atoms with van der Waals surface area (Å²) in [4.78, 5) is 20.4. The molecule has 3 aromatic carbocycles. The van der Waals surface area contributed by atoms with Gasteiger partial charge in [0.25, 0.3) is 0 Å². The minimum atomic E-state index is -0.673. The number of carbonyl (C=O) groups excluding carboxylic acids is 1. The van der Waals surface area contributed by atoms with Gasteiger partial charge in [0.15, 0.2) is 0 Å². The predicted molar refractivity (Wildman–Crippen MR) is 121 cm³/mol. The van der Waals surface area contributed by atoms with Crippen LogP contribution in [0.15, 0.2) is 122 Å². The van der Waals surface area contributed by atoms with Gasteiger partial charge < -0.3 is 9.55 Å². The molecule has 31 heavy (non-hydrogen) atoms. The van der Waals surface area contributed by atoms with Crippen LogP contribution in [-0.2, 0) is 5.54 Å². The molecule has 0 aliphatic heterocycles. The van der Waals surface area contributed by atoms with Crippen LogP contribution in [0.5, 0.6) is 0 Å². The Morgan fingerprint density at radius 3 is 1.71 bits per heavy atom. The van der Waals surface area contributed by atoms with E-state index in [-0.39, 0.29) is 5.78 Å². The normalized spacial score (nSPS) is 11.4. The Hall–Kier alpha value is -4.18. The lowest BCUT2D eigenvalue weighted by Crippen LogP contribution is -2.37. The van der Waals surface area contributed by atoms with E-state index in [4.69, 9.17) is 0 Å². The van der Waals surface area contributed by atoms with Crippen LogP contribution < -0.4 is 0 Å². The van der Waals surface area contributed by atoms with Crippen molar-refractivity contribution >= 4 is 5.78 Å². The van der Waals surface area contributed by atoms with Crippen LogP contribution in [0.2, 0.25) is 0 Å². The summed E-state index contributed by atoms with van der Waals surface area (Å²) in [6.07, 6.45) is 7.04. The molecule has 2 heterocycles. The molecule has 4 heteroatoms. The topological polar surface area (TPSA) is 50.7 Å². The molecule has 5 aromatic rings. The van der Waals surface area contributed by atoms with Gasteiger partial charge in [-0.05, 0) is 22.8 Å². The Labute approximate surface area is 180 Å². The van der Waals surface area contributed by atoms with Crippen molar-refractivity contribution in [3.05, 3.63) is 150 Å². The smallest absolute Gasteiger partial charge is 0.214 e. The van der Waals surface area contributed by atoms with E-state index in [9.17, 15) is 4.79 Å². The number of nitrogens with zero attached hydrogens (tertiary/aromatic N) is 2. The van der Waals surface area contributed by atoms with Crippen molar-refractivity contribution in [3.63, 3.8) is 0 Å². The molecule has 0 saturated heterocycles. The monoisotopic (exact) mass is 403 g/mol. The molecule has 0 aliphatic carbocycles. The summed E-state index contributed by atoms with van der Waals surface area (Å²) in [6, 6.07) is 32.8. The third-order valence-corrected chi connectivity index (χ3v) is 5.64. The zero-order chi connectivity index (χ0) is 21.1. The summed E-state index contributed by atoms with van der Waals surface area (Å²) in [5.74, 6) is -0.108. The van der Waals surface area contributed by atoms with Gasteiger partial charge in [0, 0.05) is 24.2 Å². The number of carbonyl (C=O) groups is 1. The molecule has 4 nitrogen and oxygen atoms in total. The minimum absolute atomic E-state index is 0.108. The molecular weight excluding hydrogens is 382 g/mol. The first kappa shape index (κ1) is 18.8. The van der Waals surface area contributed by atoms with Crippen LogP contribution >= 0.6 is 0 Å². The van der Waals surface area contributed by atoms with Gasteiger partial charge in [-0.15, -0.1) is 0 Å². The van der Waals surface area contributed by atoms with Crippen LogP contribution in [0, 0.1) is 0 Å². The molecule has 1 N–H and O–H groups in total. The highest BCUT2D eigenvalue weighted by atomic mass is 16.1. The van der Waals surface area contributed by atoms with Crippen molar-refractivity contribution in [1.82, 2.24) is 14.5 Å². The average Bonchev–Trinajstić information content (AvgIpc) is 3.55. The van der Waals surface area contributed by atoms with E-state index < -0.39 is 5.54 Å². The van der Waals surface area contributed by atoms with Crippen molar-refractivity contribution < 1.29 is 4.79 Å². The van der Waals surface area contributed by atoms with Crippen molar-refractivity contribution in [1.29, 1.82) is 0 Å². The van der Waals surface area contributed by atoms with Crippen molar-refractivity contribution in [2.75, 3.05) is 0 Å². The zero-order valence-corrected chi connectivity index (χ0v) is 16.8. The fourth-order valence-electron chi connectivity index (χ4n) is 4.22. The first-order valence-corrected chi connectivity index (χ1v) is 10.2. The van der Waals surface area contributed by atoms with Crippen LogP contribution in [0.25, 0.3) is 0 Å². The second kappa shape index (κ2) is 7.92. The molecule has 0 fully saturated rings. The molecule has 0 spiro atoms. The highest BCUT2D eigenvalue weighted by Gasteiger charge is 2.38. The fraction of sp³-hybridized carbons (Fsp3) is 0.0370. The maximum atomic E-state index is 13.0. The quantitative estimate of drug-likeness (QED) is 0.310. The number of hydrogen-bond acceptors (Lipinski definition) is 2. The maximum absolute atomic E-state index is 13.0. The zero-order valence-electron chi connectivity index (χ0n) is 16.8. The van der Waals surface area contributed by atoms with E-state index in [0.717, 1.165) is 16.7 Å². The van der Waals surface area contributed by atoms with Gasteiger partial charge >= 0.3 is 0 Å². The van der Waals surface area contributed by atoms with Crippen molar-refractivity contribution in [2.45, 2.75) is 5.54 Å². The molecule has 0 bridgehead atoms. The van der Waals surface area contributed by atoms with E-state index in [0.29, 0.717) is 11.3 Å². The summed E-state index contributed by atoms with van der Waals surface area (Å²) in [7, 11) is 0. The number of nitrogens with one attached hydrogen (secondary N) is 1. The Morgan fingerprint density at radius 1 is 0.742 bits per heavy atom. The summed E-state index contributed by atoms with van der Waals surface area (Å²) in [6.45, 7) is 0. The number of imidazole rings is 1. The average molecular weight is 403 g/mol. The summed E-state index contributed by atoms with van der Waals surface area (Å²) < 4.78 is 2.05. The molecule has 0 saturated carbocycles. The molecule has 5 rings (SSSR count). The van der Waals surface area contributed by atoms with Gasteiger partial charge in [0.2, 0.25) is 5.78 Å². The van der Waals surface area contributed by atoms with Crippen LogP contribution in [-0.4, -0.2) is 20.3 Å². The number of aromatic amines is 1. The number of H-pyrrole nitrogens is 1. The van der Waals surface area contributed by atoms with E-state index >= 15 is 0 Å². The van der Waals surface area contributed by atoms with E-state index in [1.54, 1.807) is 24.8 Å². The third-order valence-electron chi connectivity index (χ3n) is 5.64. The van der Waals surface area contributed by atoms with Crippen LogP contribution in [0.3, 0.4) is 0 Å². The molecule has 0 aliphatic rings. The van der Waals surface area contributed by atoms with Gasteiger partial charge in [-0.1, -0.05) is 91.0 Å². The molecule has 0 radical (unpaired) electrons. The number of aromatic nitrogens is 3. The van der Waals surface area contributed by atoms with E-state index in [2.05, 4.69) is 46.4 Å². The third kappa shape index (κ3) is 3.19. The summed E-state index contributed by atoms with van der Waals surface area (Å²) in [5, 5.41) is 0. The first-order valence-electron chi connectivity index (χ1n) is 10.2. The van der Waals surface area contributed by atoms with Gasteiger partial charge in [0.05, 0.1) is 6.33 Å². The Balaban J connectivity index is 1.78. The van der Waals surface area contributed by atoms with E-state index in [1.807, 2.05) is 65.4 Å². The lowest BCUT2D eigenvalue weighted by molar-refractivity contribution is 0.103. The van der Waals surface area contributed by atoms with E-state index in [1.165, 1.54) is 0 Å². The maximum Gasteiger partial charge on any atom is 0.214 e. The largest absolute Gasteiger partial charge is 0.367 e. The lowest BCUT2D eigenvalue weighted by Gasteiger charge is -2.37. The number of hydrogen-bond donors (Lipinski definition) is 1. The Kier molecular flexibility index (Phi) is 4.81. The minimum Gasteiger partial charge on any atom is -0.367 e. The van der Waals surface area contributed by atoms with Gasteiger partial charge in [0.1, 0.15) is 11.2 Å².